The van der Waals surface area contributed by atoms with E-state index in [0.29, 0.717) is 42.8 Å². The highest BCUT2D eigenvalue weighted by molar-refractivity contribution is 7.89. The van der Waals surface area contributed by atoms with Gasteiger partial charge >= 0.3 is 0 Å². The van der Waals surface area contributed by atoms with Crippen LogP contribution in [0.4, 0.5) is 5.69 Å². The molecule has 1 aromatic heterocycles. The van der Waals surface area contributed by atoms with E-state index in [9.17, 15) is 18.0 Å². The molecule has 2 N–H and O–H groups in total. The van der Waals surface area contributed by atoms with E-state index in [2.05, 4.69) is 14.9 Å². The number of carbonyl (C=O) groups excluding carboxylic acids is 1. The molecule has 2 heterocycles. The van der Waals surface area contributed by atoms with Crippen molar-refractivity contribution in [2.45, 2.75) is 18.2 Å². The minimum Gasteiger partial charge on any atom is -0.451 e. The molecule has 1 amide bonds. The van der Waals surface area contributed by atoms with Gasteiger partial charge < -0.3 is 14.5 Å². The van der Waals surface area contributed by atoms with E-state index in [0.717, 1.165) is 31.3 Å². The van der Waals surface area contributed by atoms with Crippen molar-refractivity contribution in [3.63, 3.8) is 0 Å². The summed E-state index contributed by atoms with van der Waals surface area (Å²) < 4.78 is 38.6. The SMILES string of the molecule is Cc1ccc2oc(C(=O)Nc3ccc(S(=O)(=O)NCCCN4CCOCC4)cc3)cc(=O)c2c1. The van der Waals surface area contributed by atoms with E-state index in [1.54, 1.807) is 18.2 Å². The number of benzene rings is 2. The van der Waals surface area contributed by atoms with Crippen LogP contribution >= 0.6 is 0 Å². The van der Waals surface area contributed by atoms with Gasteiger partial charge in [-0.3, -0.25) is 14.5 Å². The number of hydrogen-bond acceptors (Lipinski definition) is 7. The highest BCUT2D eigenvalue weighted by Gasteiger charge is 2.16. The number of aryl methyl sites for hydroxylation is 1. The number of rotatable bonds is 8. The van der Waals surface area contributed by atoms with Gasteiger partial charge in [-0.2, -0.15) is 0 Å². The second-order valence-electron chi connectivity index (χ2n) is 8.16. The molecule has 9 nitrogen and oxygen atoms in total. The number of hydrogen-bond donors (Lipinski definition) is 2. The molecule has 1 aliphatic rings. The summed E-state index contributed by atoms with van der Waals surface area (Å²) in [4.78, 5) is 27.3. The lowest BCUT2D eigenvalue weighted by Gasteiger charge is -2.26. The molecule has 10 heteroatoms. The fourth-order valence-corrected chi connectivity index (χ4v) is 4.78. The lowest BCUT2D eigenvalue weighted by molar-refractivity contribution is 0.0376. The third kappa shape index (κ3) is 5.89. The Morgan fingerprint density at radius 1 is 1.06 bits per heavy atom. The van der Waals surface area contributed by atoms with Crippen molar-refractivity contribution in [2.24, 2.45) is 0 Å². The van der Waals surface area contributed by atoms with Crippen LogP contribution < -0.4 is 15.5 Å². The maximum Gasteiger partial charge on any atom is 0.291 e. The van der Waals surface area contributed by atoms with Gasteiger partial charge in [-0.1, -0.05) is 11.6 Å². The topological polar surface area (TPSA) is 118 Å². The molecular formula is C24H27N3O6S. The minimum atomic E-state index is -3.66. The van der Waals surface area contributed by atoms with Crippen molar-refractivity contribution < 1.29 is 22.4 Å². The summed E-state index contributed by atoms with van der Waals surface area (Å²) in [5.74, 6) is -0.726. The van der Waals surface area contributed by atoms with Gasteiger partial charge in [0.25, 0.3) is 5.91 Å². The summed E-state index contributed by atoms with van der Waals surface area (Å²) in [6, 6.07) is 12.1. The van der Waals surface area contributed by atoms with Crippen LogP contribution in [0.25, 0.3) is 11.0 Å². The number of anilines is 1. The Morgan fingerprint density at radius 2 is 1.79 bits per heavy atom. The number of amides is 1. The molecule has 0 unspecified atom stereocenters. The van der Waals surface area contributed by atoms with Crippen LogP contribution in [0.5, 0.6) is 0 Å². The Bertz CT molecular complexity index is 1330. The average molecular weight is 486 g/mol. The van der Waals surface area contributed by atoms with Crippen LogP contribution in [0.2, 0.25) is 0 Å². The number of carbonyl (C=O) groups is 1. The van der Waals surface area contributed by atoms with Crippen molar-refractivity contribution in [3.8, 4) is 0 Å². The predicted octanol–water partition coefficient (Wildman–Crippen LogP) is 2.35. The first kappa shape index (κ1) is 24.1. The Morgan fingerprint density at radius 3 is 2.53 bits per heavy atom. The van der Waals surface area contributed by atoms with Crippen LogP contribution in [0.1, 0.15) is 22.5 Å². The molecule has 1 saturated heterocycles. The fourth-order valence-electron chi connectivity index (χ4n) is 3.71. The van der Waals surface area contributed by atoms with Gasteiger partial charge in [0.15, 0.2) is 11.2 Å². The third-order valence-electron chi connectivity index (χ3n) is 5.58. The molecule has 0 saturated carbocycles. The third-order valence-corrected chi connectivity index (χ3v) is 7.05. The van der Waals surface area contributed by atoms with Crippen molar-refractivity contribution in [2.75, 3.05) is 44.7 Å². The molecule has 0 aliphatic carbocycles. The van der Waals surface area contributed by atoms with E-state index >= 15 is 0 Å². The molecule has 180 valence electrons. The van der Waals surface area contributed by atoms with E-state index in [1.807, 2.05) is 6.92 Å². The standard InChI is InChI=1S/C24H27N3O6S/c1-17-3-8-22-20(15-17)21(28)16-23(33-22)24(29)26-18-4-6-19(7-5-18)34(30,31)25-9-2-10-27-11-13-32-14-12-27/h3-8,15-16,25H,2,9-14H2,1H3,(H,26,29). The van der Waals surface area contributed by atoms with Gasteiger partial charge in [0.05, 0.1) is 23.5 Å². The van der Waals surface area contributed by atoms with Crippen molar-refractivity contribution >= 4 is 32.6 Å². The summed E-state index contributed by atoms with van der Waals surface area (Å²) in [6.07, 6.45) is 0.698. The largest absolute Gasteiger partial charge is 0.451 e. The van der Waals surface area contributed by atoms with Crippen molar-refractivity contribution in [1.82, 2.24) is 9.62 Å². The predicted molar refractivity (Wildman–Crippen MR) is 129 cm³/mol. The van der Waals surface area contributed by atoms with Gasteiger partial charge in [0, 0.05) is 31.4 Å². The monoisotopic (exact) mass is 485 g/mol. The van der Waals surface area contributed by atoms with Crippen LogP contribution in [-0.4, -0.2) is 58.6 Å². The highest BCUT2D eigenvalue weighted by Crippen LogP contribution is 2.17. The van der Waals surface area contributed by atoms with Gasteiger partial charge in [-0.05, 0) is 56.3 Å². The highest BCUT2D eigenvalue weighted by atomic mass is 32.2. The van der Waals surface area contributed by atoms with Crippen LogP contribution in [0.15, 0.2) is 62.6 Å². The lowest BCUT2D eigenvalue weighted by Crippen LogP contribution is -2.38. The van der Waals surface area contributed by atoms with E-state index in [1.165, 1.54) is 24.3 Å². The number of nitrogens with zero attached hydrogens (tertiary/aromatic N) is 1. The van der Waals surface area contributed by atoms with Gasteiger partial charge in [-0.15, -0.1) is 0 Å². The summed E-state index contributed by atoms with van der Waals surface area (Å²) in [6.45, 7) is 6.15. The van der Waals surface area contributed by atoms with Crippen LogP contribution in [0.3, 0.4) is 0 Å². The van der Waals surface area contributed by atoms with Gasteiger partial charge in [0.2, 0.25) is 10.0 Å². The number of morpholine rings is 1. The Kier molecular flexibility index (Phi) is 7.42. The molecule has 0 spiro atoms. The summed E-state index contributed by atoms with van der Waals surface area (Å²) in [5, 5.41) is 3.03. The van der Waals surface area contributed by atoms with Gasteiger partial charge in [-0.25, -0.2) is 13.1 Å². The zero-order valence-electron chi connectivity index (χ0n) is 18.9. The molecule has 0 radical (unpaired) electrons. The molecule has 4 rings (SSSR count). The maximum atomic E-state index is 12.6. The van der Waals surface area contributed by atoms with E-state index in [4.69, 9.17) is 9.15 Å². The Labute approximate surface area is 197 Å². The van der Waals surface area contributed by atoms with Crippen molar-refractivity contribution in [3.05, 3.63) is 70.1 Å². The van der Waals surface area contributed by atoms with Crippen LogP contribution in [-0.2, 0) is 14.8 Å². The number of ether oxygens (including phenoxy) is 1. The summed E-state index contributed by atoms with van der Waals surface area (Å²) in [5.41, 5.74) is 1.31. The molecule has 0 bridgehead atoms. The first-order chi connectivity index (χ1) is 16.3. The zero-order valence-corrected chi connectivity index (χ0v) is 19.7. The quantitative estimate of drug-likeness (QED) is 0.470. The second kappa shape index (κ2) is 10.5. The number of nitrogens with one attached hydrogen (secondary N) is 2. The van der Waals surface area contributed by atoms with Crippen molar-refractivity contribution in [1.29, 1.82) is 0 Å². The van der Waals surface area contributed by atoms with Gasteiger partial charge in [0.1, 0.15) is 5.58 Å². The molecule has 1 fully saturated rings. The Hall–Kier alpha value is -3.05. The first-order valence-electron chi connectivity index (χ1n) is 11.1. The fraction of sp³-hybridized carbons (Fsp3) is 0.333. The lowest BCUT2D eigenvalue weighted by atomic mass is 10.1. The molecule has 2 aromatic carbocycles. The Balaban J connectivity index is 1.35. The number of sulfonamides is 1. The molecule has 34 heavy (non-hydrogen) atoms. The molecule has 1 aliphatic heterocycles. The van der Waals surface area contributed by atoms with E-state index in [-0.39, 0.29) is 16.1 Å². The zero-order chi connectivity index (χ0) is 24.1. The van der Waals surface area contributed by atoms with E-state index < -0.39 is 15.9 Å². The molecule has 0 atom stereocenters. The smallest absolute Gasteiger partial charge is 0.291 e. The van der Waals surface area contributed by atoms with Crippen LogP contribution in [0, 0.1) is 6.92 Å². The summed E-state index contributed by atoms with van der Waals surface area (Å²) >= 11 is 0. The summed E-state index contributed by atoms with van der Waals surface area (Å²) in [7, 11) is -3.66. The molecule has 3 aromatic rings. The maximum absolute atomic E-state index is 12.6. The second-order valence-corrected chi connectivity index (χ2v) is 9.93. The molecular weight excluding hydrogens is 458 g/mol. The average Bonchev–Trinajstić information content (AvgIpc) is 2.83. The minimum absolute atomic E-state index is 0.101. The normalized spacial score (nSPS) is 14.9. The number of fused-ring (bicyclic) bond motifs is 1. The first-order valence-corrected chi connectivity index (χ1v) is 12.6.